The quantitative estimate of drug-likeness (QED) is 0.233. The highest BCUT2D eigenvalue weighted by atomic mass is 19.3. The van der Waals surface area contributed by atoms with Crippen LogP contribution in [0.3, 0.4) is 0 Å². The van der Waals surface area contributed by atoms with Crippen molar-refractivity contribution in [3.63, 3.8) is 0 Å². The number of aliphatic hydroxyl groups excluding tert-OH is 1. The summed E-state index contributed by atoms with van der Waals surface area (Å²) < 4.78 is 33.1. The fourth-order valence-corrected chi connectivity index (χ4v) is 2.20. The lowest BCUT2D eigenvalue weighted by molar-refractivity contribution is -0.140. The molecule has 152 valence electrons. The van der Waals surface area contributed by atoms with E-state index in [2.05, 4.69) is 25.1 Å². The average Bonchev–Trinajstić information content (AvgIpc) is 2.65. The fourth-order valence-electron chi connectivity index (χ4n) is 2.20. The summed E-state index contributed by atoms with van der Waals surface area (Å²) in [5.41, 5.74) is 0.550. The summed E-state index contributed by atoms with van der Waals surface area (Å²) >= 11 is 0. The molecule has 0 saturated heterocycles. The molecule has 27 heavy (non-hydrogen) atoms. The van der Waals surface area contributed by atoms with Crippen LogP contribution in [0.25, 0.3) is 0 Å². The van der Waals surface area contributed by atoms with Crippen LogP contribution in [0, 0.1) is 0 Å². The molecular formula is C18H27F2N3O4. The molecule has 0 bridgehead atoms. The summed E-state index contributed by atoms with van der Waals surface area (Å²) in [4.78, 5) is 15.4. The number of nitrogens with one attached hydrogen (secondary N) is 2. The van der Waals surface area contributed by atoms with Crippen molar-refractivity contribution < 1.29 is 28.2 Å². The van der Waals surface area contributed by atoms with Crippen molar-refractivity contribution in [1.29, 1.82) is 0 Å². The van der Waals surface area contributed by atoms with Crippen molar-refractivity contribution in [2.24, 2.45) is 4.99 Å². The molecule has 1 unspecified atom stereocenters. The van der Waals surface area contributed by atoms with E-state index in [4.69, 9.17) is 0 Å². The molecule has 0 aliphatic heterocycles. The van der Waals surface area contributed by atoms with Crippen molar-refractivity contribution in [3.05, 3.63) is 29.8 Å². The van der Waals surface area contributed by atoms with E-state index < -0.39 is 12.7 Å². The van der Waals surface area contributed by atoms with Crippen molar-refractivity contribution in [2.75, 3.05) is 26.7 Å². The fraction of sp³-hybridized carbons (Fsp3) is 0.556. The second kappa shape index (κ2) is 12.9. The number of hydrogen-bond donors (Lipinski definition) is 3. The molecule has 1 aromatic rings. The Morgan fingerprint density at radius 3 is 2.52 bits per heavy atom. The van der Waals surface area contributed by atoms with Gasteiger partial charge in [-0.15, -0.1) is 0 Å². The first-order valence-electron chi connectivity index (χ1n) is 8.78. The van der Waals surface area contributed by atoms with Crippen molar-refractivity contribution in [1.82, 2.24) is 10.6 Å². The summed E-state index contributed by atoms with van der Waals surface area (Å²) in [5, 5.41) is 16.4. The molecule has 1 aromatic carbocycles. The van der Waals surface area contributed by atoms with Gasteiger partial charge in [-0.3, -0.25) is 9.79 Å². The third-order valence-corrected chi connectivity index (χ3v) is 3.58. The molecule has 0 aliphatic rings. The zero-order valence-corrected chi connectivity index (χ0v) is 15.6. The Morgan fingerprint density at radius 2 is 1.93 bits per heavy atom. The molecule has 0 saturated carbocycles. The van der Waals surface area contributed by atoms with Crippen LogP contribution in [-0.4, -0.2) is 50.4 Å². The van der Waals surface area contributed by atoms with Crippen LogP contribution in [0.2, 0.25) is 0 Å². The number of carbonyl (C=O) groups is 1. The lowest BCUT2D eigenvalue weighted by atomic mass is 10.1. The van der Waals surface area contributed by atoms with Gasteiger partial charge in [0.15, 0.2) is 5.96 Å². The Balaban J connectivity index is 2.47. The zero-order valence-electron chi connectivity index (χ0n) is 15.6. The lowest BCUT2D eigenvalue weighted by Gasteiger charge is -2.13. The number of hydrogen-bond acceptors (Lipinski definition) is 5. The molecule has 3 N–H and O–H groups in total. The number of aliphatic imine (C=N–C) groups is 1. The lowest BCUT2D eigenvalue weighted by Crippen LogP contribution is -2.38. The zero-order chi connectivity index (χ0) is 20.1. The van der Waals surface area contributed by atoms with Crippen LogP contribution in [0.1, 0.15) is 37.9 Å². The molecule has 0 radical (unpaired) electrons. The number of rotatable bonds is 11. The molecule has 1 atom stereocenters. The van der Waals surface area contributed by atoms with E-state index in [1.807, 2.05) is 6.92 Å². The third-order valence-electron chi connectivity index (χ3n) is 3.58. The topological polar surface area (TPSA) is 92.2 Å². The second-order valence-corrected chi connectivity index (χ2v) is 5.64. The number of benzene rings is 1. The first-order chi connectivity index (χ1) is 13.0. The molecule has 0 spiro atoms. The van der Waals surface area contributed by atoms with Crippen molar-refractivity contribution >= 4 is 11.9 Å². The maximum atomic E-state index is 12.1. The number of nitrogens with zero attached hydrogens (tertiary/aromatic N) is 1. The van der Waals surface area contributed by atoms with E-state index in [1.165, 1.54) is 31.4 Å². The smallest absolute Gasteiger partial charge is 0.387 e. The Bertz CT molecular complexity index is 582. The summed E-state index contributed by atoms with van der Waals surface area (Å²) in [6.07, 6.45) is 0.971. The van der Waals surface area contributed by atoms with Crippen LogP contribution >= 0.6 is 0 Å². The average molecular weight is 387 g/mol. The monoisotopic (exact) mass is 387 g/mol. The number of aliphatic hydroxyl groups is 1. The Labute approximate surface area is 157 Å². The number of unbranched alkanes of at least 4 members (excludes halogenated alkanes) is 1. The Kier molecular flexibility index (Phi) is 10.8. The minimum absolute atomic E-state index is 0.0337. The number of carbonyl (C=O) groups excluding carboxylic acids is 1. The van der Waals surface area contributed by atoms with Gasteiger partial charge in [-0.05, 0) is 37.5 Å². The number of alkyl halides is 2. The molecule has 0 amide bonds. The summed E-state index contributed by atoms with van der Waals surface area (Å²) in [7, 11) is 1.36. The van der Waals surface area contributed by atoms with Gasteiger partial charge in [0.05, 0.1) is 19.8 Å². The molecular weight excluding hydrogens is 360 g/mol. The molecule has 0 fully saturated rings. The predicted octanol–water partition coefficient (Wildman–Crippen LogP) is 2.22. The predicted molar refractivity (Wildman–Crippen MR) is 97.9 cm³/mol. The molecule has 0 heterocycles. The van der Waals surface area contributed by atoms with Crippen LogP contribution in [0.5, 0.6) is 5.75 Å². The van der Waals surface area contributed by atoms with Gasteiger partial charge in [-0.2, -0.15) is 8.78 Å². The molecule has 7 nitrogen and oxygen atoms in total. The first-order valence-corrected chi connectivity index (χ1v) is 8.78. The van der Waals surface area contributed by atoms with Gasteiger partial charge in [0.2, 0.25) is 0 Å². The van der Waals surface area contributed by atoms with Gasteiger partial charge < -0.3 is 25.2 Å². The normalized spacial score (nSPS) is 12.6. The van der Waals surface area contributed by atoms with E-state index in [0.29, 0.717) is 37.5 Å². The van der Waals surface area contributed by atoms with E-state index in [0.717, 1.165) is 6.42 Å². The van der Waals surface area contributed by atoms with Gasteiger partial charge in [0, 0.05) is 19.5 Å². The molecule has 0 aliphatic carbocycles. The minimum atomic E-state index is -2.88. The summed E-state index contributed by atoms with van der Waals surface area (Å²) in [6, 6.07) is 5.79. The SMILES string of the molecule is CCNC(=NCC(O)c1ccc(OC(F)F)cc1)NCCCCC(=O)OC. The number of halogens is 2. The standard InChI is InChI=1S/C18H27F2N3O4/c1-3-21-18(22-11-5-4-6-16(25)26-2)23-12-15(24)13-7-9-14(10-8-13)27-17(19)20/h7-10,15,17,24H,3-6,11-12H2,1-2H3,(H2,21,22,23). The largest absolute Gasteiger partial charge is 0.469 e. The van der Waals surface area contributed by atoms with Gasteiger partial charge in [0.25, 0.3) is 0 Å². The van der Waals surface area contributed by atoms with Crippen molar-refractivity contribution in [3.8, 4) is 5.75 Å². The maximum absolute atomic E-state index is 12.1. The van der Waals surface area contributed by atoms with Crippen LogP contribution in [0.4, 0.5) is 8.78 Å². The Hall–Kier alpha value is -2.42. The molecule has 9 heteroatoms. The first kappa shape index (κ1) is 22.6. The summed E-state index contributed by atoms with van der Waals surface area (Å²) in [6.45, 7) is 0.424. The Morgan fingerprint density at radius 1 is 1.22 bits per heavy atom. The maximum Gasteiger partial charge on any atom is 0.387 e. The van der Waals surface area contributed by atoms with E-state index in [1.54, 1.807) is 0 Å². The van der Waals surface area contributed by atoms with Gasteiger partial charge in [0.1, 0.15) is 5.75 Å². The second-order valence-electron chi connectivity index (χ2n) is 5.64. The number of ether oxygens (including phenoxy) is 2. The van der Waals surface area contributed by atoms with Crippen LogP contribution in [-0.2, 0) is 9.53 Å². The van der Waals surface area contributed by atoms with Crippen LogP contribution in [0.15, 0.2) is 29.3 Å². The third kappa shape index (κ3) is 9.74. The van der Waals surface area contributed by atoms with Gasteiger partial charge in [-0.1, -0.05) is 12.1 Å². The van der Waals surface area contributed by atoms with E-state index in [-0.39, 0.29) is 18.3 Å². The van der Waals surface area contributed by atoms with E-state index >= 15 is 0 Å². The van der Waals surface area contributed by atoms with Crippen LogP contribution < -0.4 is 15.4 Å². The highest BCUT2D eigenvalue weighted by molar-refractivity contribution is 5.79. The number of esters is 1. The van der Waals surface area contributed by atoms with Gasteiger partial charge in [-0.25, -0.2) is 0 Å². The highest BCUT2D eigenvalue weighted by Crippen LogP contribution is 2.19. The summed E-state index contributed by atoms with van der Waals surface area (Å²) in [5.74, 6) is 0.349. The minimum Gasteiger partial charge on any atom is -0.469 e. The number of methoxy groups -OCH3 is 1. The van der Waals surface area contributed by atoms with Gasteiger partial charge >= 0.3 is 12.6 Å². The highest BCUT2D eigenvalue weighted by Gasteiger charge is 2.09. The molecule has 1 rings (SSSR count). The number of guanidine groups is 1. The van der Waals surface area contributed by atoms with Crippen molar-refractivity contribution in [2.45, 2.75) is 38.9 Å². The van der Waals surface area contributed by atoms with E-state index in [9.17, 15) is 18.7 Å². The molecule has 0 aromatic heterocycles.